The van der Waals surface area contributed by atoms with Crippen molar-refractivity contribution in [1.29, 1.82) is 0 Å². The van der Waals surface area contributed by atoms with Crippen molar-refractivity contribution >= 4 is 39.2 Å². The molecule has 27 heavy (non-hydrogen) atoms. The van der Waals surface area contributed by atoms with Crippen molar-refractivity contribution in [2.75, 3.05) is 5.75 Å². The van der Waals surface area contributed by atoms with Crippen LogP contribution in [0.15, 0.2) is 40.5 Å². The van der Waals surface area contributed by atoms with E-state index in [1.807, 2.05) is 42.6 Å². The molecule has 2 aromatic heterocycles. The molecular weight excluding hydrogens is 378 g/mol. The van der Waals surface area contributed by atoms with Gasteiger partial charge in [-0.1, -0.05) is 43.7 Å². The van der Waals surface area contributed by atoms with E-state index in [0.717, 1.165) is 28.8 Å². The zero-order valence-electron chi connectivity index (χ0n) is 15.5. The number of fused-ring (bicyclic) bond motifs is 1. The number of hydrogen-bond donors (Lipinski definition) is 2. The van der Waals surface area contributed by atoms with Gasteiger partial charge in [0.1, 0.15) is 10.7 Å². The molecule has 0 saturated carbocycles. The van der Waals surface area contributed by atoms with Crippen LogP contribution < -0.4 is 10.9 Å². The van der Waals surface area contributed by atoms with Crippen molar-refractivity contribution in [1.82, 2.24) is 15.3 Å². The van der Waals surface area contributed by atoms with Crippen LogP contribution in [-0.4, -0.2) is 27.7 Å². The van der Waals surface area contributed by atoms with E-state index in [9.17, 15) is 9.59 Å². The van der Waals surface area contributed by atoms with Gasteiger partial charge in [0.05, 0.1) is 16.9 Å². The van der Waals surface area contributed by atoms with Gasteiger partial charge in [-0.05, 0) is 18.9 Å². The van der Waals surface area contributed by atoms with Crippen LogP contribution in [0.5, 0.6) is 0 Å². The molecule has 1 amide bonds. The van der Waals surface area contributed by atoms with Crippen molar-refractivity contribution < 1.29 is 4.79 Å². The van der Waals surface area contributed by atoms with Gasteiger partial charge in [0.15, 0.2) is 0 Å². The van der Waals surface area contributed by atoms with E-state index in [2.05, 4.69) is 22.2 Å². The van der Waals surface area contributed by atoms with Crippen LogP contribution in [0, 0.1) is 0 Å². The number of thioether (sulfide) groups is 1. The first-order valence-electron chi connectivity index (χ1n) is 9.01. The number of H-pyrrole nitrogens is 1. The fourth-order valence-electron chi connectivity index (χ4n) is 2.95. The van der Waals surface area contributed by atoms with Gasteiger partial charge in [-0.25, -0.2) is 4.98 Å². The SMILES string of the molecule is CCC[C@H](C)NC(=O)CSCc1nc2scc(-c3ccccc3)c2c(=O)[nH]1. The Hall–Kier alpha value is -2.12. The zero-order chi connectivity index (χ0) is 19.2. The van der Waals surface area contributed by atoms with E-state index in [4.69, 9.17) is 0 Å². The normalized spacial score (nSPS) is 12.2. The maximum atomic E-state index is 12.6. The summed E-state index contributed by atoms with van der Waals surface area (Å²) in [6.07, 6.45) is 2.02. The second-order valence-electron chi connectivity index (χ2n) is 6.46. The monoisotopic (exact) mass is 401 g/mol. The topological polar surface area (TPSA) is 74.8 Å². The van der Waals surface area contributed by atoms with Crippen LogP contribution in [0.4, 0.5) is 0 Å². The summed E-state index contributed by atoms with van der Waals surface area (Å²) in [7, 11) is 0. The molecule has 0 aliphatic heterocycles. The molecule has 0 spiro atoms. The first kappa shape index (κ1) is 19.6. The predicted octanol–water partition coefficient (Wildman–Crippen LogP) is 4.19. The first-order chi connectivity index (χ1) is 13.1. The third-order valence-electron chi connectivity index (χ3n) is 4.18. The van der Waals surface area contributed by atoms with Gasteiger partial charge < -0.3 is 10.3 Å². The maximum Gasteiger partial charge on any atom is 0.260 e. The molecule has 0 aliphatic rings. The summed E-state index contributed by atoms with van der Waals surface area (Å²) in [6, 6.07) is 10.0. The number of thiophene rings is 1. The number of aromatic amines is 1. The molecule has 0 radical (unpaired) electrons. The summed E-state index contributed by atoms with van der Waals surface area (Å²) in [5, 5.41) is 5.58. The second-order valence-corrected chi connectivity index (χ2v) is 8.30. The van der Waals surface area contributed by atoms with Crippen molar-refractivity contribution in [3.63, 3.8) is 0 Å². The van der Waals surface area contributed by atoms with Gasteiger partial charge in [-0.15, -0.1) is 23.1 Å². The molecule has 0 unspecified atom stereocenters. The zero-order valence-corrected chi connectivity index (χ0v) is 17.1. The Bertz CT molecular complexity index is 966. The van der Waals surface area contributed by atoms with E-state index in [-0.39, 0.29) is 17.5 Å². The minimum Gasteiger partial charge on any atom is -0.353 e. The average Bonchev–Trinajstić information content (AvgIpc) is 3.07. The Morgan fingerprint density at radius 3 is 2.85 bits per heavy atom. The van der Waals surface area contributed by atoms with Gasteiger partial charge in [-0.3, -0.25) is 9.59 Å². The number of hydrogen-bond acceptors (Lipinski definition) is 5. The number of aromatic nitrogens is 2. The fourth-order valence-corrected chi connectivity index (χ4v) is 4.62. The maximum absolute atomic E-state index is 12.6. The highest BCUT2D eigenvalue weighted by Gasteiger charge is 2.13. The molecule has 0 bridgehead atoms. The van der Waals surface area contributed by atoms with Gasteiger partial charge >= 0.3 is 0 Å². The number of nitrogens with one attached hydrogen (secondary N) is 2. The Morgan fingerprint density at radius 1 is 1.33 bits per heavy atom. The van der Waals surface area contributed by atoms with Gasteiger partial charge in [0.25, 0.3) is 5.56 Å². The lowest BCUT2D eigenvalue weighted by atomic mass is 10.1. The summed E-state index contributed by atoms with van der Waals surface area (Å²) in [5.41, 5.74) is 1.79. The highest BCUT2D eigenvalue weighted by atomic mass is 32.2. The van der Waals surface area contributed by atoms with E-state index >= 15 is 0 Å². The van der Waals surface area contributed by atoms with Gasteiger partial charge in [0, 0.05) is 17.0 Å². The van der Waals surface area contributed by atoms with Crippen LogP contribution in [-0.2, 0) is 10.5 Å². The molecule has 1 aromatic carbocycles. The number of nitrogens with zero attached hydrogens (tertiary/aromatic N) is 1. The second kappa shape index (κ2) is 9.19. The molecule has 2 heterocycles. The van der Waals surface area contributed by atoms with Crippen molar-refractivity contribution in [2.24, 2.45) is 0 Å². The average molecular weight is 402 g/mol. The third-order valence-corrected chi connectivity index (χ3v) is 5.99. The van der Waals surface area contributed by atoms with E-state index in [1.54, 1.807) is 0 Å². The molecule has 7 heteroatoms. The van der Waals surface area contributed by atoms with E-state index in [1.165, 1.54) is 23.1 Å². The Labute approximate surface area is 166 Å². The standard InChI is InChI=1S/C20H23N3O2S2/c1-3-7-13(2)21-17(24)12-26-11-16-22-19(25)18-15(10-27-20(18)23-16)14-8-5-4-6-9-14/h4-6,8-10,13H,3,7,11-12H2,1-2H3,(H,21,24)(H,22,23,25)/t13-/m0/s1. The molecule has 5 nitrogen and oxygen atoms in total. The number of benzene rings is 1. The minimum absolute atomic E-state index is 0.0202. The smallest absolute Gasteiger partial charge is 0.260 e. The van der Waals surface area contributed by atoms with Gasteiger partial charge in [-0.2, -0.15) is 0 Å². The van der Waals surface area contributed by atoms with Crippen LogP contribution >= 0.6 is 23.1 Å². The molecule has 0 fully saturated rings. The lowest BCUT2D eigenvalue weighted by Crippen LogP contribution is -2.33. The first-order valence-corrected chi connectivity index (χ1v) is 11.0. The van der Waals surface area contributed by atoms with Crippen molar-refractivity contribution in [3.8, 4) is 11.1 Å². The fraction of sp³-hybridized carbons (Fsp3) is 0.350. The number of amides is 1. The molecule has 3 aromatic rings. The molecule has 0 aliphatic carbocycles. The molecule has 2 N–H and O–H groups in total. The highest BCUT2D eigenvalue weighted by Crippen LogP contribution is 2.30. The molecule has 0 saturated heterocycles. The number of carbonyl (C=O) groups is 1. The molecule has 1 atom stereocenters. The lowest BCUT2D eigenvalue weighted by molar-refractivity contribution is -0.119. The minimum atomic E-state index is -0.128. The summed E-state index contributed by atoms with van der Waals surface area (Å²) in [4.78, 5) is 32.7. The molecule has 3 rings (SSSR count). The van der Waals surface area contributed by atoms with E-state index < -0.39 is 0 Å². The highest BCUT2D eigenvalue weighted by molar-refractivity contribution is 7.99. The predicted molar refractivity (Wildman–Crippen MR) is 114 cm³/mol. The van der Waals surface area contributed by atoms with Crippen LogP contribution in [0.1, 0.15) is 32.5 Å². The summed E-state index contributed by atoms with van der Waals surface area (Å²) in [5.74, 6) is 1.48. The van der Waals surface area contributed by atoms with Crippen LogP contribution in [0.2, 0.25) is 0 Å². The van der Waals surface area contributed by atoms with E-state index in [0.29, 0.717) is 22.7 Å². The van der Waals surface area contributed by atoms with Crippen molar-refractivity contribution in [3.05, 3.63) is 51.9 Å². The summed E-state index contributed by atoms with van der Waals surface area (Å²) >= 11 is 2.93. The third kappa shape index (κ3) is 4.99. The quantitative estimate of drug-likeness (QED) is 0.593. The number of rotatable bonds is 8. The summed E-state index contributed by atoms with van der Waals surface area (Å²) < 4.78 is 0. The van der Waals surface area contributed by atoms with Gasteiger partial charge in [0.2, 0.25) is 5.91 Å². The Kier molecular flexibility index (Phi) is 6.68. The summed E-state index contributed by atoms with van der Waals surface area (Å²) in [6.45, 7) is 4.11. The van der Waals surface area contributed by atoms with Crippen molar-refractivity contribution in [2.45, 2.75) is 38.5 Å². The lowest BCUT2D eigenvalue weighted by Gasteiger charge is -2.12. The largest absolute Gasteiger partial charge is 0.353 e. The Balaban J connectivity index is 1.67. The Morgan fingerprint density at radius 2 is 2.11 bits per heavy atom. The molecular formula is C20H23N3O2S2. The van der Waals surface area contributed by atoms with Crippen LogP contribution in [0.3, 0.4) is 0 Å². The number of carbonyl (C=O) groups excluding carboxylic acids is 1. The van der Waals surface area contributed by atoms with Crippen LogP contribution in [0.25, 0.3) is 21.3 Å². The molecule has 142 valence electrons.